The fraction of sp³-hybridized carbons (Fsp3) is 0.316. The lowest BCUT2D eigenvalue weighted by molar-refractivity contribution is -0.122. The Labute approximate surface area is 165 Å². The van der Waals surface area contributed by atoms with E-state index >= 15 is 0 Å². The van der Waals surface area contributed by atoms with E-state index in [4.69, 9.17) is 20.9 Å². The number of ether oxygens (including phenoxy) is 1. The molecule has 0 spiro atoms. The maximum Gasteiger partial charge on any atom is 0.231 e. The van der Waals surface area contributed by atoms with Crippen LogP contribution in [0.5, 0.6) is 5.75 Å². The Morgan fingerprint density at radius 2 is 2.22 bits per heavy atom. The predicted molar refractivity (Wildman–Crippen MR) is 103 cm³/mol. The Hall–Kier alpha value is -2.38. The smallest absolute Gasteiger partial charge is 0.231 e. The number of aromatic nitrogens is 2. The van der Waals surface area contributed by atoms with Crippen LogP contribution in [-0.4, -0.2) is 23.2 Å². The second-order valence-corrected chi connectivity index (χ2v) is 7.98. The minimum absolute atomic E-state index is 0.142. The van der Waals surface area contributed by atoms with E-state index < -0.39 is 0 Å². The number of rotatable bonds is 7. The van der Waals surface area contributed by atoms with Crippen LogP contribution in [0.25, 0.3) is 10.7 Å². The van der Waals surface area contributed by atoms with Gasteiger partial charge in [0.05, 0.1) is 25.0 Å². The molecule has 8 heteroatoms. The quantitative estimate of drug-likeness (QED) is 0.643. The van der Waals surface area contributed by atoms with Crippen molar-refractivity contribution in [2.75, 3.05) is 7.11 Å². The SMILES string of the molecule is COc1ccc(Cc2nc(-c3ccc(CNC(=O)C4CC4)s3)no2)c(Cl)c1. The molecule has 0 unspecified atom stereocenters. The van der Waals surface area contributed by atoms with Crippen molar-refractivity contribution >= 4 is 28.8 Å². The van der Waals surface area contributed by atoms with Crippen LogP contribution in [0.1, 0.15) is 29.2 Å². The average Bonchev–Trinajstić information content (AvgIpc) is 3.24. The van der Waals surface area contributed by atoms with E-state index in [-0.39, 0.29) is 11.8 Å². The first-order valence-electron chi connectivity index (χ1n) is 8.64. The summed E-state index contributed by atoms with van der Waals surface area (Å²) in [5, 5.41) is 7.62. The van der Waals surface area contributed by atoms with Crippen molar-refractivity contribution in [2.45, 2.75) is 25.8 Å². The second-order valence-electron chi connectivity index (χ2n) is 6.40. The normalized spacial score (nSPS) is 13.6. The van der Waals surface area contributed by atoms with Gasteiger partial charge in [-0.15, -0.1) is 11.3 Å². The Kier molecular flexibility index (Phi) is 5.13. The van der Waals surface area contributed by atoms with Crippen LogP contribution >= 0.6 is 22.9 Å². The summed E-state index contributed by atoms with van der Waals surface area (Å²) in [6.07, 6.45) is 2.46. The van der Waals surface area contributed by atoms with Gasteiger partial charge in [0.2, 0.25) is 17.6 Å². The van der Waals surface area contributed by atoms with Gasteiger partial charge in [-0.2, -0.15) is 4.98 Å². The van der Waals surface area contributed by atoms with Gasteiger partial charge in [-0.05, 0) is 42.7 Å². The molecule has 6 nitrogen and oxygen atoms in total. The molecule has 2 heterocycles. The molecule has 2 aromatic heterocycles. The van der Waals surface area contributed by atoms with E-state index in [0.717, 1.165) is 28.2 Å². The molecule has 0 aliphatic heterocycles. The third-order valence-electron chi connectivity index (χ3n) is 4.34. The monoisotopic (exact) mass is 403 g/mol. The molecular formula is C19H18ClN3O3S. The number of methoxy groups -OCH3 is 1. The molecule has 4 rings (SSSR count). The number of carbonyl (C=O) groups is 1. The first-order valence-corrected chi connectivity index (χ1v) is 9.83. The van der Waals surface area contributed by atoms with Crippen LogP contribution in [-0.2, 0) is 17.8 Å². The molecule has 0 atom stereocenters. The molecule has 1 saturated carbocycles. The minimum Gasteiger partial charge on any atom is -0.497 e. The zero-order valence-electron chi connectivity index (χ0n) is 14.7. The number of nitrogens with one attached hydrogen (secondary N) is 1. The standard InChI is InChI=1S/C19H18ClN3O3S/c1-25-13-5-4-12(15(20)9-13)8-17-22-18(23-26-17)16-7-6-14(27-16)10-21-19(24)11-2-3-11/h4-7,9,11H,2-3,8,10H2,1H3,(H,21,24). The Morgan fingerprint density at radius 3 is 2.96 bits per heavy atom. The highest BCUT2D eigenvalue weighted by molar-refractivity contribution is 7.15. The molecular weight excluding hydrogens is 386 g/mol. The van der Waals surface area contributed by atoms with E-state index in [1.807, 2.05) is 24.3 Å². The first-order chi connectivity index (χ1) is 13.1. The summed E-state index contributed by atoms with van der Waals surface area (Å²) in [5.41, 5.74) is 0.891. The summed E-state index contributed by atoms with van der Waals surface area (Å²) < 4.78 is 10.5. The lowest BCUT2D eigenvalue weighted by Crippen LogP contribution is -2.23. The summed E-state index contributed by atoms with van der Waals surface area (Å²) in [7, 11) is 1.60. The number of benzene rings is 1. The fourth-order valence-electron chi connectivity index (χ4n) is 2.65. The van der Waals surface area contributed by atoms with Crippen molar-refractivity contribution in [3.8, 4) is 16.5 Å². The van der Waals surface area contributed by atoms with Gasteiger partial charge >= 0.3 is 0 Å². The number of hydrogen-bond acceptors (Lipinski definition) is 6. The number of hydrogen-bond donors (Lipinski definition) is 1. The summed E-state index contributed by atoms with van der Waals surface area (Å²) in [4.78, 5) is 18.2. The van der Waals surface area contributed by atoms with E-state index in [2.05, 4.69) is 15.5 Å². The molecule has 140 valence electrons. The number of nitrogens with zero attached hydrogens (tertiary/aromatic N) is 2. The van der Waals surface area contributed by atoms with Gasteiger partial charge < -0.3 is 14.6 Å². The van der Waals surface area contributed by atoms with E-state index in [1.165, 1.54) is 0 Å². The highest BCUT2D eigenvalue weighted by atomic mass is 35.5. The van der Waals surface area contributed by atoms with E-state index in [9.17, 15) is 4.79 Å². The highest BCUT2D eigenvalue weighted by Crippen LogP contribution is 2.30. The van der Waals surface area contributed by atoms with Crippen molar-refractivity contribution in [1.82, 2.24) is 15.5 Å². The number of halogens is 1. The summed E-state index contributed by atoms with van der Waals surface area (Å²) in [6, 6.07) is 9.41. The summed E-state index contributed by atoms with van der Waals surface area (Å²) in [5.74, 6) is 2.10. The van der Waals surface area contributed by atoms with Crippen molar-refractivity contribution in [2.24, 2.45) is 5.92 Å². The zero-order valence-corrected chi connectivity index (χ0v) is 16.3. The fourth-order valence-corrected chi connectivity index (χ4v) is 3.76. The van der Waals surface area contributed by atoms with Crippen molar-refractivity contribution in [3.05, 3.63) is 51.7 Å². The molecule has 3 aromatic rings. The Bertz CT molecular complexity index is 965. The largest absolute Gasteiger partial charge is 0.497 e. The lowest BCUT2D eigenvalue weighted by atomic mass is 10.1. The van der Waals surface area contributed by atoms with Crippen LogP contribution in [0.2, 0.25) is 5.02 Å². The molecule has 1 aliphatic rings. The molecule has 1 N–H and O–H groups in total. The van der Waals surface area contributed by atoms with E-state index in [1.54, 1.807) is 24.5 Å². The van der Waals surface area contributed by atoms with E-state index in [0.29, 0.717) is 35.5 Å². The van der Waals surface area contributed by atoms with Crippen LogP contribution in [0.4, 0.5) is 0 Å². The van der Waals surface area contributed by atoms with Crippen LogP contribution < -0.4 is 10.1 Å². The van der Waals surface area contributed by atoms with Gasteiger partial charge in [0.1, 0.15) is 5.75 Å². The number of amides is 1. The first kappa shape index (κ1) is 18.0. The van der Waals surface area contributed by atoms with Gasteiger partial charge in [0.15, 0.2) is 0 Å². The van der Waals surface area contributed by atoms with Crippen LogP contribution in [0, 0.1) is 5.92 Å². The highest BCUT2D eigenvalue weighted by Gasteiger charge is 2.29. The van der Waals surface area contributed by atoms with Crippen molar-refractivity contribution < 1.29 is 14.1 Å². The molecule has 1 amide bonds. The molecule has 1 aliphatic carbocycles. The third kappa shape index (κ3) is 4.31. The van der Waals surface area contributed by atoms with Crippen molar-refractivity contribution in [1.29, 1.82) is 0 Å². The lowest BCUT2D eigenvalue weighted by Gasteiger charge is -2.04. The molecule has 0 saturated heterocycles. The van der Waals surface area contributed by atoms with Crippen LogP contribution in [0.15, 0.2) is 34.9 Å². The number of thiophene rings is 1. The van der Waals surface area contributed by atoms with Gasteiger partial charge in [-0.1, -0.05) is 22.8 Å². The zero-order chi connectivity index (χ0) is 18.8. The molecule has 1 fully saturated rings. The third-order valence-corrected chi connectivity index (χ3v) is 5.77. The van der Waals surface area contributed by atoms with Gasteiger partial charge in [0.25, 0.3) is 0 Å². The van der Waals surface area contributed by atoms with Gasteiger partial charge in [-0.25, -0.2) is 0 Å². The predicted octanol–water partition coefficient (Wildman–Crippen LogP) is 4.08. The Balaban J connectivity index is 1.41. The van der Waals surface area contributed by atoms with Gasteiger partial charge in [-0.3, -0.25) is 4.79 Å². The maximum atomic E-state index is 11.7. The molecule has 1 aromatic carbocycles. The Morgan fingerprint density at radius 1 is 1.37 bits per heavy atom. The summed E-state index contributed by atoms with van der Waals surface area (Å²) in [6.45, 7) is 0.534. The van der Waals surface area contributed by atoms with Crippen LogP contribution in [0.3, 0.4) is 0 Å². The topological polar surface area (TPSA) is 77.2 Å². The second kappa shape index (κ2) is 7.70. The minimum atomic E-state index is 0.142. The molecule has 0 bridgehead atoms. The number of carbonyl (C=O) groups excluding carboxylic acids is 1. The summed E-state index contributed by atoms with van der Waals surface area (Å²) >= 11 is 7.82. The maximum absolute atomic E-state index is 11.7. The van der Waals surface area contributed by atoms with Gasteiger partial charge in [0, 0.05) is 15.8 Å². The molecule has 0 radical (unpaired) electrons. The van der Waals surface area contributed by atoms with Crippen molar-refractivity contribution in [3.63, 3.8) is 0 Å². The average molecular weight is 404 g/mol. The molecule has 27 heavy (non-hydrogen) atoms.